The summed E-state index contributed by atoms with van der Waals surface area (Å²) < 4.78 is 15.1. The maximum Gasteiger partial charge on any atom is 0.323 e. The largest absolute Gasteiger partial charge is 0.465 e. The van der Waals surface area contributed by atoms with Crippen LogP contribution in [0.3, 0.4) is 0 Å². The Morgan fingerprint density at radius 1 is 1.10 bits per heavy atom. The van der Waals surface area contributed by atoms with Gasteiger partial charge in [-0.2, -0.15) is 9.97 Å². The SMILES string of the molecule is CCOC(=O)C(C(C)C)N1CC(Cc2nc3c(N4CCOCC4)nc(-n4c(C)nc5ccccc54)nc3n2C)C1. The van der Waals surface area contributed by atoms with Gasteiger partial charge in [0.2, 0.25) is 5.95 Å². The number of ether oxygens (including phenoxy) is 2. The van der Waals surface area contributed by atoms with Crippen LogP contribution in [0.2, 0.25) is 0 Å². The van der Waals surface area contributed by atoms with E-state index in [2.05, 4.69) is 34.3 Å². The fraction of sp³-hybridized carbons (Fsp3) is 0.552. The predicted octanol–water partition coefficient (Wildman–Crippen LogP) is 2.91. The first-order valence-corrected chi connectivity index (χ1v) is 14.3. The molecule has 1 unspecified atom stereocenters. The van der Waals surface area contributed by atoms with E-state index in [9.17, 15) is 4.79 Å². The lowest BCUT2D eigenvalue weighted by Gasteiger charge is -2.44. The molecule has 40 heavy (non-hydrogen) atoms. The molecule has 6 rings (SSSR count). The second kappa shape index (κ2) is 10.8. The van der Waals surface area contributed by atoms with Gasteiger partial charge in [0.1, 0.15) is 17.7 Å². The van der Waals surface area contributed by atoms with Crippen molar-refractivity contribution in [3.05, 3.63) is 35.9 Å². The van der Waals surface area contributed by atoms with Crippen molar-refractivity contribution in [1.82, 2.24) is 34.0 Å². The molecule has 1 aromatic carbocycles. The molecule has 11 nitrogen and oxygen atoms in total. The number of benzene rings is 1. The molecule has 5 heterocycles. The van der Waals surface area contributed by atoms with Gasteiger partial charge in [0, 0.05) is 39.6 Å². The second-order valence-electron chi connectivity index (χ2n) is 11.2. The van der Waals surface area contributed by atoms with Crippen LogP contribution in [0.4, 0.5) is 5.82 Å². The van der Waals surface area contributed by atoms with E-state index in [0.29, 0.717) is 31.7 Å². The zero-order valence-electron chi connectivity index (χ0n) is 24.0. The first-order chi connectivity index (χ1) is 19.4. The molecule has 4 aromatic rings. The van der Waals surface area contributed by atoms with Crippen molar-refractivity contribution < 1.29 is 14.3 Å². The Hall–Kier alpha value is -3.57. The van der Waals surface area contributed by atoms with E-state index in [1.165, 1.54) is 0 Å². The third-order valence-electron chi connectivity index (χ3n) is 8.03. The number of para-hydroxylation sites is 2. The number of imidazole rings is 2. The predicted molar refractivity (Wildman–Crippen MR) is 153 cm³/mol. The first-order valence-electron chi connectivity index (χ1n) is 14.3. The molecular formula is C29H38N8O3. The van der Waals surface area contributed by atoms with Crippen LogP contribution in [0.5, 0.6) is 0 Å². The van der Waals surface area contributed by atoms with Crippen LogP contribution >= 0.6 is 0 Å². The molecule has 3 aromatic heterocycles. The molecule has 2 aliphatic rings. The lowest BCUT2D eigenvalue weighted by molar-refractivity contribution is -0.154. The Balaban J connectivity index is 1.34. The van der Waals surface area contributed by atoms with E-state index < -0.39 is 0 Å². The van der Waals surface area contributed by atoms with Gasteiger partial charge in [0.15, 0.2) is 17.0 Å². The van der Waals surface area contributed by atoms with Crippen LogP contribution in [-0.4, -0.2) is 92.0 Å². The van der Waals surface area contributed by atoms with Crippen molar-refractivity contribution in [2.24, 2.45) is 18.9 Å². The van der Waals surface area contributed by atoms with E-state index in [1.54, 1.807) is 0 Å². The summed E-state index contributed by atoms with van der Waals surface area (Å²) in [5.74, 6) is 3.72. The Kier molecular flexibility index (Phi) is 7.18. The van der Waals surface area contributed by atoms with Gasteiger partial charge in [0.25, 0.3) is 0 Å². The highest BCUT2D eigenvalue weighted by Gasteiger charge is 2.39. The van der Waals surface area contributed by atoms with Gasteiger partial charge in [-0.1, -0.05) is 26.0 Å². The number of carbonyl (C=O) groups is 1. The van der Waals surface area contributed by atoms with Crippen LogP contribution in [0.1, 0.15) is 32.4 Å². The number of rotatable bonds is 8. The lowest BCUT2D eigenvalue weighted by atomic mass is 9.90. The fourth-order valence-corrected chi connectivity index (χ4v) is 6.05. The topological polar surface area (TPSA) is 103 Å². The summed E-state index contributed by atoms with van der Waals surface area (Å²) in [6.45, 7) is 12.9. The second-order valence-corrected chi connectivity index (χ2v) is 11.2. The van der Waals surface area contributed by atoms with Crippen molar-refractivity contribution in [2.45, 2.75) is 40.2 Å². The number of carbonyl (C=O) groups excluding carboxylic acids is 1. The van der Waals surface area contributed by atoms with E-state index in [-0.39, 0.29) is 17.9 Å². The number of morpholine rings is 1. The average molecular weight is 547 g/mol. The van der Waals surface area contributed by atoms with Gasteiger partial charge in [-0.25, -0.2) is 9.97 Å². The number of fused-ring (bicyclic) bond motifs is 2. The average Bonchev–Trinajstić information content (AvgIpc) is 3.42. The van der Waals surface area contributed by atoms with Crippen LogP contribution in [0.15, 0.2) is 24.3 Å². The van der Waals surface area contributed by atoms with Crippen LogP contribution in [0.25, 0.3) is 28.1 Å². The van der Waals surface area contributed by atoms with E-state index in [0.717, 1.165) is 72.3 Å². The summed E-state index contributed by atoms with van der Waals surface area (Å²) in [6, 6.07) is 7.86. The molecule has 212 valence electrons. The highest BCUT2D eigenvalue weighted by molar-refractivity contribution is 5.86. The molecule has 0 amide bonds. The van der Waals surface area contributed by atoms with Crippen molar-refractivity contribution >= 4 is 34.0 Å². The van der Waals surface area contributed by atoms with Gasteiger partial charge < -0.3 is 18.9 Å². The fourth-order valence-electron chi connectivity index (χ4n) is 6.05. The number of hydrogen-bond acceptors (Lipinski definition) is 9. The van der Waals surface area contributed by atoms with Crippen molar-refractivity contribution in [3.63, 3.8) is 0 Å². The molecule has 2 aliphatic heterocycles. The number of likely N-dealkylation sites (tertiary alicyclic amines) is 1. The van der Waals surface area contributed by atoms with Gasteiger partial charge in [-0.3, -0.25) is 14.3 Å². The lowest BCUT2D eigenvalue weighted by Crippen LogP contribution is -2.57. The van der Waals surface area contributed by atoms with E-state index >= 15 is 0 Å². The summed E-state index contributed by atoms with van der Waals surface area (Å²) >= 11 is 0. The smallest absolute Gasteiger partial charge is 0.323 e. The Bertz CT molecular complexity index is 1530. The Morgan fingerprint density at radius 3 is 2.58 bits per heavy atom. The van der Waals surface area contributed by atoms with Crippen molar-refractivity contribution in [3.8, 4) is 5.95 Å². The van der Waals surface area contributed by atoms with E-state index in [1.807, 2.05) is 43.7 Å². The van der Waals surface area contributed by atoms with Gasteiger partial charge in [-0.05, 0) is 37.8 Å². The van der Waals surface area contributed by atoms with Gasteiger partial charge >= 0.3 is 5.97 Å². The molecule has 2 fully saturated rings. The molecule has 0 spiro atoms. The Morgan fingerprint density at radius 2 is 1.85 bits per heavy atom. The van der Waals surface area contributed by atoms with E-state index in [4.69, 9.17) is 29.4 Å². The molecule has 11 heteroatoms. The molecular weight excluding hydrogens is 508 g/mol. The zero-order chi connectivity index (χ0) is 28.0. The monoisotopic (exact) mass is 546 g/mol. The minimum Gasteiger partial charge on any atom is -0.465 e. The van der Waals surface area contributed by atoms with Crippen molar-refractivity contribution in [2.75, 3.05) is 50.9 Å². The van der Waals surface area contributed by atoms with Crippen molar-refractivity contribution in [1.29, 1.82) is 0 Å². The normalized spacial score (nSPS) is 17.6. The first kappa shape index (κ1) is 26.6. The highest BCUT2D eigenvalue weighted by atomic mass is 16.5. The minimum atomic E-state index is -0.203. The highest BCUT2D eigenvalue weighted by Crippen LogP contribution is 2.31. The number of hydrogen-bond donors (Lipinski definition) is 0. The molecule has 0 N–H and O–H groups in total. The van der Waals surface area contributed by atoms with Crippen LogP contribution < -0.4 is 4.90 Å². The number of aryl methyl sites for hydroxylation is 2. The molecule has 0 bridgehead atoms. The molecule has 0 radical (unpaired) electrons. The summed E-state index contributed by atoms with van der Waals surface area (Å²) in [6.07, 6.45) is 0.807. The number of aromatic nitrogens is 6. The third-order valence-corrected chi connectivity index (χ3v) is 8.03. The summed E-state index contributed by atoms with van der Waals surface area (Å²) in [7, 11) is 2.04. The Labute approximate surface area is 234 Å². The number of esters is 1. The molecule has 1 atom stereocenters. The quantitative estimate of drug-likeness (QED) is 0.309. The van der Waals surface area contributed by atoms with Crippen LogP contribution in [0, 0.1) is 18.8 Å². The zero-order valence-corrected chi connectivity index (χ0v) is 24.0. The number of nitrogens with zero attached hydrogens (tertiary/aromatic N) is 8. The number of anilines is 1. The van der Waals surface area contributed by atoms with Gasteiger partial charge in [-0.15, -0.1) is 0 Å². The molecule has 0 aliphatic carbocycles. The van der Waals surface area contributed by atoms with Gasteiger partial charge in [0.05, 0.1) is 30.9 Å². The summed E-state index contributed by atoms with van der Waals surface area (Å²) in [4.78, 5) is 37.0. The summed E-state index contributed by atoms with van der Waals surface area (Å²) in [5.41, 5.74) is 3.51. The van der Waals surface area contributed by atoms with Crippen LogP contribution in [-0.2, 0) is 27.7 Å². The maximum atomic E-state index is 12.6. The minimum absolute atomic E-state index is 0.126. The standard InChI is InChI=1S/C29H38N8O3/c1-6-40-28(38)25(18(2)3)36-16-20(17-36)15-23-31-24-26(34(23)5)32-29(33-27(24)35-11-13-39-14-12-35)37-19(4)30-21-9-7-8-10-22(21)37/h7-10,18,20,25H,6,11-17H2,1-5H3. The molecule has 0 saturated carbocycles. The summed E-state index contributed by atoms with van der Waals surface area (Å²) in [5, 5.41) is 0. The maximum absolute atomic E-state index is 12.6. The molecule has 2 saturated heterocycles. The third kappa shape index (κ3) is 4.71.